The summed E-state index contributed by atoms with van der Waals surface area (Å²) in [7, 11) is 0. The monoisotopic (exact) mass is 483 g/mol. The van der Waals surface area contributed by atoms with Gasteiger partial charge in [-0.15, -0.1) is 0 Å². The van der Waals surface area contributed by atoms with Gasteiger partial charge in [-0.05, 0) is 60.9 Å². The number of hydrogen-bond donors (Lipinski definition) is 2. The zero-order valence-electron chi connectivity index (χ0n) is 19.6. The molecule has 1 aromatic heterocycles. The molecule has 2 N–H and O–H groups in total. The number of ether oxygens (including phenoxy) is 1. The fraction of sp³-hybridized carbons (Fsp3) is 0.185. The fourth-order valence-electron chi connectivity index (χ4n) is 3.77. The third-order valence-corrected chi connectivity index (χ3v) is 5.65. The number of benzene rings is 3. The average Bonchev–Trinajstić information content (AvgIpc) is 3.45. The largest absolute Gasteiger partial charge is 0.489 e. The van der Waals surface area contributed by atoms with Gasteiger partial charge in [-0.25, -0.2) is 9.82 Å². The van der Waals surface area contributed by atoms with E-state index < -0.39 is 0 Å². The van der Waals surface area contributed by atoms with Crippen LogP contribution in [0.5, 0.6) is 5.75 Å². The van der Waals surface area contributed by atoms with E-state index in [9.17, 15) is 4.39 Å². The van der Waals surface area contributed by atoms with E-state index >= 15 is 0 Å². The Balaban J connectivity index is 1.24. The van der Waals surface area contributed by atoms with Crippen LogP contribution in [0.25, 0.3) is 0 Å². The highest BCUT2D eigenvalue weighted by Gasteiger charge is 2.17. The van der Waals surface area contributed by atoms with Crippen LogP contribution in [-0.2, 0) is 6.61 Å². The Bertz CT molecular complexity index is 1310. The average molecular weight is 484 g/mol. The molecule has 0 atom stereocenters. The van der Waals surface area contributed by atoms with Gasteiger partial charge in [0.25, 0.3) is 0 Å². The molecule has 0 unspecified atom stereocenters. The number of rotatable bonds is 9. The standard InChI is InChI=1S/C27H26FN7O/c28-24-11-5-4-8-21(24)19-36-23-14-12-20(13-15-23)18-29-34-26-31-25(30-22-9-2-1-3-10-22)32-27(33-26)35-16-6-7-17-35/h1-5,8-15,18H,6-7,16-17,19H2,(H2,30,31,32,33,34)/b29-18+. The SMILES string of the molecule is Fc1ccccc1COc1ccc(/C=N/Nc2nc(Nc3ccccc3)nc(N3CCCC3)n2)cc1. The van der Waals surface area contributed by atoms with Crippen molar-refractivity contribution < 1.29 is 9.13 Å². The lowest BCUT2D eigenvalue weighted by Crippen LogP contribution is -2.21. The Hall–Kier alpha value is -4.53. The third-order valence-electron chi connectivity index (χ3n) is 5.65. The summed E-state index contributed by atoms with van der Waals surface area (Å²) in [4.78, 5) is 15.8. The summed E-state index contributed by atoms with van der Waals surface area (Å²) in [6.07, 6.45) is 3.91. The summed E-state index contributed by atoms with van der Waals surface area (Å²) in [5.41, 5.74) is 5.18. The fourth-order valence-corrected chi connectivity index (χ4v) is 3.77. The van der Waals surface area contributed by atoms with Crippen LogP contribution in [0.15, 0.2) is 84.0 Å². The van der Waals surface area contributed by atoms with Gasteiger partial charge in [-0.3, -0.25) is 0 Å². The van der Waals surface area contributed by atoms with Gasteiger partial charge in [-0.2, -0.15) is 20.1 Å². The molecule has 1 aliphatic heterocycles. The van der Waals surface area contributed by atoms with Crippen molar-refractivity contribution in [2.45, 2.75) is 19.4 Å². The van der Waals surface area contributed by atoms with Crippen LogP contribution in [0.2, 0.25) is 0 Å². The number of hydrogen-bond acceptors (Lipinski definition) is 8. The van der Waals surface area contributed by atoms with Gasteiger partial charge in [0, 0.05) is 24.3 Å². The minimum atomic E-state index is -0.277. The number of nitrogens with one attached hydrogen (secondary N) is 2. The van der Waals surface area contributed by atoms with E-state index in [1.165, 1.54) is 6.07 Å². The van der Waals surface area contributed by atoms with Gasteiger partial charge < -0.3 is 15.0 Å². The van der Waals surface area contributed by atoms with E-state index in [2.05, 4.69) is 35.7 Å². The molecule has 0 radical (unpaired) electrons. The molecular formula is C27H26FN7O. The Labute approximate surface area is 208 Å². The van der Waals surface area contributed by atoms with E-state index in [4.69, 9.17) is 4.74 Å². The lowest BCUT2D eigenvalue weighted by Gasteiger charge is -2.16. The number of halogens is 1. The molecule has 0 aliphatic carbocycles. The maximum Gasteiger partial charge on any atom is 0.250 e. The number of nitrogens with zero attached hydrogens (tertiary/aromatic N) is 5. The van der Waals surface area contributed by atoms with Crippen molar-refractivity contribution >= 4 is 29.7 Å². The van der Waals surface area contributed by atoms with E-state index in [0.29, 0.717) is 29.2 Å². The first-order chi connectivity index (χ1) is 17.7. The first-order valence-corrected chi connectivity index (χ1v) is 11.8. The summed E-state index contributed by atoms with van der Waals surface area (Å²) in [5.74, 6) is 1.79. The van der Waals surface area contributed by atoms with Crippen LogP contribution in [-0.4, -0.2) is 34.3 Å². The molecular weight excluding hydrogens is 457 g/mol. The molecule has 3 aromatic carbocycles. The van der Waals surface area contributed by atoms with Crippen molar-refractivity contribution in [1.82, 2.24) is 15.0 Å². The van der Waals surface area contributed by atoms with Gasteiger partial charge in [0.2, 0.25) is 17.8 Å². The van der Waals surface area contributed by atoms with Crippen molar-refractivity contribution in [2.75, 3.05) is 28.7 Å². The molecule has 0 saturated carbocycles. The van der Waals surface area contributed by atoms with Crippen molar-refractivity contribution in [3.05, 3.63) is 95.8 Å². The van der Waals surface area contributed by atoms with Crippen molar-refractivity contribution in [3.63, 3.8) is 0 Å². The smallest absolute Gasteiger partial charge is 0.250 e. The van der Waals surface area contributed by atoms with E-state index in [-0.39, 0.29) is 12.4 Å². The summed E-state index contributed by atoms with van der Waals surface area (Å²) in [6.45, 7) is 2.01. The molecule has 0 spiro atoms. The zero-order valence-corrected chi connectivity index (χ0v) is 19.6. The second-order valence-corrected chi connectivity index (χ2v) is 8.29. The number of hydrazone groups is 1. The Kier molecular flexibility index (Phi) is 7.27. The van der Waals surface area contributed by atoms with Gasteiger partial charge >= 0.3 is 0 Å². The molecule has 0 amide bonds. The molecule has 9 heteroatoms. The topological polar surface area (TPSA) is 87.6 Å². The third kappa shape index (κ3) is 6.12. The quantitative estimate of drug-likeness (QED) is 0.244. The lowest BCUT2D eigenvalue weighted by molar-refractivity contribution is 0.300. The summed E-state index contributed by atoms with van der Waals surface area (Å²) >= 11 is 0. The molecule has 0 bridgehead atoms. The predicted molar refractivity (Wildman–Crippen MR) is 139 cm³/mol. The highest BCUT2D eigenvalue weighted by atomic mass is 19.1. The highest BCUT2D eigenvalue weighted by molar-refractivity contribution is 5.80. The minimum Gasteiger partial charge on any atom is -0.489 e. The summed E-state index contributed by atoms with van der Waals surface area (Å²) < 4.78 is 19.4. The van der Waals surface area contributed by atoms with Crippen molar-refractivity contribution in [2.24, 2.45) is 5.10 Å². The van der Waals surface area contributed by atoms with Crippen LogP contribution in [0.4, 0.5) is 27.9 Å². The highest BCUT2D eigenvalue weighted by Crippen LogP contribution is 2.21. The first kappa shape index (κ1) is 23.2. The van der Waals surface area contributed by atoms with Crippen LogP contribution < -0.4 is 20.4 Å². The van der Waals surface area contributed by atoms with Crippen LogP contribution in [0.1, 0.15) is 24.0 Å². The molecule has 5 rings (SSSR count). The lowest BCUT2D eigenvalue weighted by atomic mass is 10.2. The molecule has 8 nitrogen and oxygen atoms in total. The number of anilines is 4. The van der Waals surface area contributed by atoms with Crippen molar-refractivity contribution in [3.8, 4) is 5.75 Å². The molecule has 2 heterocycles. The molecule has 182 valence electrons. The Morgan fingerprint density at radius 1 is 0.861 bits per heavy atom. The van der Waals surface area contributed by atoms with Crippen LogP contribution in [0.3, 0.4) is 0 Å². The maximum absolute atomic E-state index is 13.8. The Morgan fingerprint density at radius 2 is 1.58 bits per heavy atom. The van der Waals surface area contributed by atoms with Gasteiger partial charge in [0.1, 0.15) is 18.2 Å². The van der Waals surface area contributed by atoms with E-state index in [0.717, 1.165) is 37.2 Å². The number of aromatic nitrogens is 3. The second-order valence-electron chi connectivity index (χ2n) is 8.29. The summed E-state index contributed by atoms with van der Waals surface area (Å²) in [5, 5.41) is 7.53. The molecule has 1 aliphatic rings. The van der Waals surface area contributed by atoms with E-state index in [1.54, 1.807) is 24.4 Å². The molecule has 36 heavy (non-hydrogen) atoms. The molecule has 1 fully saturated rings. The van der Waals surface area contributed by atoms with Crippen LogP contribution in [0, 0.1) is 5.82 Å². The van der Waals surface area contributed by atoms with Gasteiger partial charge in [0.15, 0.2) is 0 Å². The Morgan fingerprint density at radius 3 is 2.36 bits per heavy atom. The second kappa shape index (κ2) is 11.3. The van der Waals surface area contributed by atoms with E-state index in [1.807, 2.05) is 54.6 Å². The molecule has 4 aromatic rings. The molecule has 1 saturated heterocycles. The minimum absolute atomic E-state index is 0.166. The normalized spacial score (nSPS) is 13.2. The summed E-state index contributed by atoms with van der Waals surface area (Å²) in [6, 6.07) is 23.7. The maximum atomic E-state index is 13.8. The number of para-hydroxylation sites is 1. The van der Waals surface area contributed by atoms with Gasteiger partial charge in [-0.1, -0.05) is 36.4 Å². The predicted octanol–water partition coefficient (Wildman–Crippen LogP) is 5.38. The van der Waals surface area contributed by atoms with Gasteiger partial charge in [0.05, 0.1) is 6.21 Å². The zero-order chi connectivity index (χ0) is 24.6. The first-order valence-electron chi connectivity index (χ1n) is 11.8. The van der Waals surface area contributed by atoms with Crippen LogP contribution >= 0.6 is 0 Å². The van der Waals surface area contributed by atoms with Crippen molar-refractivity contribution in [1.29, 1.82) is 0 Å².